The molecule has 0 aromatic rings. The van der Waals surface area contributed by atoms with Crippen molar-refractivity contribution in [3.8, 4) is 0 Å². The van der Waals surface area contributed by atoms with Crippen molar-refractivity contribution in [2.75, 3.05) is 13.1 Å². The molecule has 1 heterocycles. The first-order chi connectivity index (χ1) is 5.97. The molecule has 0 aliphatic carbocycles. The highest BCUT2D eigenvalue weighted by atomic mass is 35.5. The van der Waals surface area contributed by atoms with Crippen LogP contribution in [-0.4, -0.2) is 30.8 Å². The molecule has 84 valence electrons. The summed E-state index contributed by atoms with van der Waals surface area (Å²) in [7, 11) is 0. The Kier molecular flexibility index (Phi) is 5.23. The average molecular weight is 223 g/mol. The second-order valence-corrected chi connectivity index (χ2v) is 4.32. The number of amides is 1. The average Bonchev–Trinajstić information content (AvgIpc) is 1.78. The zero-order valence-corrected chi connectivity index (χ0v) is 9.74. The molecule has 1 fully saturated rings. The van der Waals surface area contributed by atoms with Gasteiger partial charge in [0.15, 0.2) is 0 Å². The van der Waals surface area contributed by atoms with E-state index in [1.54, 1.807) is 0 Å². The highest BCUT2D eigenvalue weighted by Gasteiger charge is 2.19. The number of carbonyl (C=O) groups is 1. The molecule has 1 amide bonds. The van der Waals surface area contributed by atoms with Crippen LogP contribution in [0.4, 0.5) is 4.79 Å². The molecule has 1 atom stereocenters. The number of halogens is 1. The number of hydrogen-bond acceptors (Lipinski definition) is 3. The zero-order chi connectivity index (χ0) is 9.90. The van der Waals surface area contributed by atoms with Crippen molar-refractivity contribution in [3.05, 3.63) is 0 Å². The van der Waals surface area contributed by atoms with Crippen LogP contribution in [0.2, 0.25) is 0 Å². The summed E-state index contributed by atoms with van der Waals surface area (Å²) >= 11 is 0. The molecule has 5 heteroatoms. The van der Waals surface area contributed by atoms with Crippen LogP contribution in [-0.2, 0) is 4.74 Å². The quantitative estimate of drug-likeness (QED) is 0.741. The lowest BCUT2D eigenvalue weighted by Crippen LogP contribution is -2.50. The van der Waals surface area contributed by atoms with E-state index in [0.29, 0.717) is 12.6 Å². The van der Waals surface area contributed by atoms with Crippen LogP contribution in [0.5, 0.6) is 0 Å². The fourth-order valence-electron chi connectivity index (χ4n) is 1.04. The van der Waals surface area contributed by atoms with Gasteiger partial charge in [-0.3, -0.25) is 0 Å². The van der Waals surface area contributed by atoms with Gasteiger partial charge in [-0.25, -0.2) is 4.79 Å². The van der Waals surface area contributed by atoms with E-state index in [2.05, 4.69) is 10.6 Å². The number of rotatable bonds is 2. The molecule has 0 bridgehead atoms. The molecule has 1 saturated heterocycles. The van der Waals surface area contributed by atoms with Crippen LogP contribution in [0.15, 0.2) is 0 Å². The van der Waals surface area contributed by atoms with Gasteiger partial charge in [-0.05, 0) is 33.7 Å². The summed E-state index contributed by atoms with van der Waals surface area (Å²) in [6.45, 7) is 7.28. The first-order valence-electron chi connectivity index (χ1n) is 4.67. The second-order valence-electron chi connectivity index (χ2n) is 4.32. The van der Waals surface area contributed by atoms with Crippen LogP contribution < -0.4 is 10.6 Å². The van der Waals surface area contributed by atoms with E-state index < -0.39 is 5.60 Å². The number of alkyl carbamates (subject to hydrolysis) is 1. The maximum Gasteiger partial charge on any atom is 0.407 e. The van der Waals surface area contributed by atoms with Gasteiger partial charge in [0, 0.05) is 12.6 Å². The van der Waals surface area contributed by atoms with Crippen LogP contribution in [0.25, 0.3) is 0 Å². The predicted octanol–water partition coefficient (Wildman–Crippen LogP) is 1.29. The molecule has 0 radical (unpaired) electrons. The molecule has 0 spiro atoms. The maximum atomic E-state index is 11.1. The van der Waals surface area contributed by atoms with Gasteiger partial charge in [0.1, 0.15) is 5.60 Å². The minimum absolute atomic E-state index is 0. The zero-order valence-electron chi connectivity index (χ0n) is 8.92. The monoisotopic (exact) mass is 222 g/mol. The minimum atomic E-state index is -0.406. The number of hydrogen-bond donors (Lipinski definition) is 2. The summed E-state index contributed by atoms with van der Waals surface area (Å²) in [6, 6.07) is 0.438. The molecule has 0 unspecified atom stereocenters. The molecule has 2 N–H and O–H groups in total. The summed E-state index contributed by atoms with van der Waals surface area (Å²) < 4.78 is 5.08. The fraction of sp³-hybridized carbons (Fsp3) is 0.889. The highest BCUT2D eigenvalue weighted by molar-refractivity contribution is 5.85. The SMILES string of the molecule is CC(C)(C)OC(=O)NC[C@@H]1CCN1.Cl. The van der Waals surface area contributed by atoms with Crippen molar-refractivity contribution in [1.29, 1.82) is 0 Å². The lowest BCUT2D eigenvalue weighted by Gasteiger charge is -2.28. The Labute approximate surface area is 91.2 Å². The van der Waals surface area contributed by atoms with Crippen molar-refractivity contribution < 1.29 is 9.53 Å². The van der Waals surface area contributed by atoms with Gasteiger partial charge in [-0.15, -0.1) is 12.4 Å². The Bertz CT molecular complexity index is 188. The second kappa shape index (κ2) is 5.41. The third-order valence-electron chi connectivity index (χ3n) is 1.82. The van der Waals surface area contributed by atoms with Crippen molar-refractivity contribution in [2.24, 2.45) is 0 Å². The van der Waals surface area contributed by atoms with Crippen molar-refractivity contribution >= 4 is 18.5 Å². The third-order valence-corrected chi connectivity index (χ3v) is 1.82. The van der Waals surface area contributed by atoms with Gasteiger partial charge in [0.2, 0.25) is 0 Å². The normalized spacial score (nSPS) is 20.4. The van der Waals surface area contributed by atoms with Gasteiger partial charge in [-0.2, -0.15) is 0 Å². The van der Waals surface area contributed by atoms with Crippen molar-refractivity contribution in [2.45, 2.75) is 38.8 Å². The Morgan fingerprint density at radius 3 is 2.50 bits per heavy atom. The van der Waals surface area contributed by atoms with Gasteiger partial charge in [0.25, 0.3) is 0 Å². The van der Waals surface area contributed by atoms with Gasteiger partial charge in [-0.1, -0.05) is 0 Å². The molecule has 14 heavy (non-hydrogen) atoms. The number of nitrogens with one attached hydrogen (secondary N) is 2. The largest absolute Gasteiger partial charge is 0.444 e. The molecule has 4 nitrogen and oxygen atoms in total. The van der Waals surface area contributed by atoms with Crippen molar-refractivity contribution in [3.63, 3.8) is 0 Å². The summed E-state index contributed by atoms with van der Waals surface area (Å²) in [5, 5.41) is 5.91. The lowest BCUT2D eigenvalue weighted by molar-refractivity contribution is 0.0517. The van der Waals surface area contributed by atoms with E-state index >= 15 is 0 Å². The van der Waals surface area contributed by atoms with E-state index in [1.807, 2.05) is 20.8 Å². The summed E-state index contributed by atoms with van der Waals surface area (Å²) in [5.74, 6) is 0. The topological polar surface area (TPSA) is 50.4 Å². The minimum Gasteiger partial charge on any atom is -0.444 e. The molecular formula is C9H19ClN2O2. The van der Waals surface area contributed by atoms with Crippen LogP contribution >= 0.6 is 12.4 Å². The maximum absolute atomic E-state index is 11.1. The third kappa shape index (κ3) is 5.29. The first kappa shape index (κ1) is 13.5. The van der Waals surface area contributed by atoms with E-state index in [4.69, 9.17) is 4.74 Å². The van der Waals surface area contributed by atoms with E-state index in [0.717, 1.165) is 13.0 Å². The first-order valence-corrected chi connectivity index (χ1v) is 4.67. The highest BCUT2D eigenvalue weighted by Crippen LogP contribution is 2.06. The van der Waals surface area contributed by atoms with Crippen LogP contribution in [0.3, 0.4) is 0 Å². The molecule has 1 aliphatic rings. The molecule has 1 aliphatic heterocycles. The summed E-state index contributed by atoms with van der Waals surface area (Å²) in [6.07, 6.45) is 0.802. The predicted molar refractivity (Wildman–Crippen MR) is 57.9 cm³/mol. The van der Waals surface area contributed by atoms with E-state index in [9.17, 15) is 4.79 Å². The number of carbonyl (C=O) groups excluding carboxylic acids is 1. The molecule has 1 rings (SSSR count). The standard InChI is InChI=1S/C9H18N2O2.ClH/c1-9(2,3)13-8(12)11-6-7-4-5-10-7;/h7,10H,4-6H2,1-3H3,(H,11,12);1H/t7-;/m0./s1. The van der Waals surface area contributed by atoms with E-state index in [1.165, 1.54) is 0 Å². The van der Waals surface area contributed by atoms with Gasteiger partial charge in [0.05, 0.1) is 0 Å². The molecule has 0 aromatic carbocycles. The van der Waals surface area contributed by atoms with Crippen molar-refractivity contribution in [1.82, 2.24) is 10.6 Å². The molecule has 0 saturated carbocycles. The van der Waals surface area contributed by atoms with Gasteiger partial charge >= 0.3 is 6.09 Å². The molecule has 0 aromatic heterocycles. The van der Waals surface area contributed by atoms with E-state index in [-0.39, 0.29) is 18.5 Å². The Morgan fingerprint density at radius 2 is 2.14 bits per heavy atom. The Morgan fingerprint density at radius 1 is 1.57 bits per heavy atom. The van der Waals surface area contributed by atoms with Crippen LogP contribution in [0.1, 0.15) is 27.2 Å². The molecular weight excluding hydrogens is 204 g/mol. The fourth-order valence-corrected chi connectivity index (χ4v) is 1.04. The smallest absolute Gasteiger partial charge is 0.407 e. The summed E-state index contributed by atoms with van der Waals surface area (Å²) in [4.78, 5) is 11.1. The lowest BCUT2D eigenvalue weighted by atomic mass is 10.1. The Hall–Kier alpha value is -0.480. The summed E-state index contributed by atoms with van der Waals surface area (Å²) in [5.41, 5.74) is -0.406. The van der Waals surface area contributed by atoms with Gasteiger partial charge < -0.3 is 15.4 Å². The number of ether oxygens (including phenoxy) is 1. The van der Waals surface area contributed by atoms with Crippen LogP contribution in [0, 0.1) is 0 Å². The Balaban J connectivity index is 0.00000169.